The van der Waals surface area contributed by atoms with Crippen LogP contribution in [0.1, 0.15) is 70.4 Å². The van der Waals surface area contributed by atoms with Crippen molar-refractivity contribution in [2.24, 2.45) is 5.92 Å². The third-order valence-electron chi connectivity index (χ3n) is 8.49. The third-order valence-corrected chi connectivity index (χ3v) is 10.9. The van der Waals surface area contributed by atoms with Gasteiger partial charge in [0.1, 0.15) is 10.8 Å². The Morgan fingerprint density at radius 2 is 2.00 bits per heavy atom. The second-order valence-electron chi connectivity index (χ2n) is 11.1. The van der Waals surface area contributed by atoms with Gasteiger partial charge < -0.3 is 15.0 Å². The van der Waals surface area contributed by atoms with Crippen LogP contribution in [0.25, 0.3) is 10.1 Å². The van der Waals surface area contributed by atoms with Crippen molar-refractivity contribution in [3.8, 4) is 0 Å². The summed E-state index contributed by atoms with van der Waals surface area (Å²) >= 11 is 9.51. The summed E-state index contributed by atoms with van der Waals surface area (Å²) < 4.78 is 21.2. The molecule has 1 aliphatic heterocycles. The molecule has 1 saturated heterocycles. The molecule has 2 aliphatic rings. The van der Waals surface area contributed by atoms with Crippen molar-refractivity contribution in [2.45, 2.75) is 63.5 Å². The van der Waals surface area contributed by atoms with E-state index in [1.54, 1.807) is 11.6 Å². The molecule has 2 aromatic carbocycles. The monoisotopic (exact) mass is 639 g/mol. The highest BCUT2D eigenvalue weighted by Crippen LogP contribution is 2.47. The van der Waals surface area contributed by atoms with Gasteiger partial charge in [-0.2, -0.15) is 0 Å². The van der Waals surface area contributed by atoms with Gasteiger partial charge in [0.2, 0.25) is 5.91 Å². The van der Waals surface area contributed by atoms with Gasteiger partial charge in [0.05, 0.1) is 42.3 Å². The molecule has 0 spiro atoms. The maximum Gasteiger partial charge on any atom is 0.305 e. The molecule has 2 fully saturated rings. The molecule has 1 N–H and O–H groups in total. The number of carbonyl (C=O) groups is 3. The first-order valence-corrected chi connectivity index (χ1v) is 16.5. The van der Waals surface area contributed by atoms with Crippen LogP contribution in [0.4, 0.5) is 10.1 Å². The number of thiazole rings is 1. The summed E-state index contributed by atoms with van der Waals surface area (Å²) in [6.07, 6.45) is 7.42. The quantitative estimate of drug-likeness (QED) is 0.201. The molecule has 224 valence electrons. The van der Waals surface area contributed by atoms with Gasteiger partial charge in [0.25, 0.3) is 5.91 Å². The molecule has 2 aromatic heterocycles. The number of esters is 1. The van der Waals surface area contributed by atoms with E-state index >= 15 is 4.39 Å². The fourth-order valence-corrected chi connectivity index (χ4v) is 8.58. The molecule has 1 aliphatic carbocycles. The van der Waals surface area contributed by atoms with E-state index in [0.717, 1.165) is 52.1 Å². The van der Waals surface area contributed by atoms with E-state index in [2.05, 4.69) is 10.3 Å². The number of methoxy groups -OCH3 is 1. The van der Waals surface area contributed by atoms with Crippen LogP contribution < -0.4 is 5.32 Å². The number of carbonyl (C=O) groups excluding carboxylic acids is 3. The van der Waals surface area contributed by atoms with Crippen molar-refractivity contribution in [3.63, 3.8) is 0 Å². The Balaban J connectivity index is 1.19. The minimum Gasteiger partial charge on any atom is -0.469 e. The molecule has 4 aromatic rings. The number of likely N-dealkylation sites (tertiary alicyclic amines) is 1. The van der Waals surface area contributed by atoms with Gasteiger partial charge in [-0.3, -0.25) is 14.4 Å². The van der Waals surface area contributed by atoms with Gasteiger partial charge in [-0.15, -0.1) is 22.7 Å². The van der Waals surface area contributed by atoms with Gasteiger partial charge in [-0.25, -0.2) is 9.37 Å². The molecule has 3 heterocycles. The number of hydrogen-bond donors (Lipinski definition) is 1. The van der Waals surface area contributed by atoms with Crippen LogP contribution in [-0.2, 0) is 27.2 Å². The Bertz CT molecular complexity index is 1690. The number of amides is 2. The zero-order valence-electron chi connectivity index (χ0n) is 23.6. The number of halogens is 2. The van der Waals surface area contributed by atoms with Gasteiger partial charge in [-0.1, -0.05) is 42.6 Å². The molecule has 0 bridgehead atoms. The number of nitrogens with one attached hydrogen (secondary N) is 1. The van der Waals surface area contributed by atoms with E-state index in [1.165, 1.54) is 41.9 Å². The Hall–Kier alpha value is -3.34. The summed E-state index contributed by atoms with van der Waals surface area (Å²) in [5, 5.41) is 6.34. The van der Waals surface area contributed by atoms with Crippen LogP contribution in [-0.4, -0.2) is 40.8 Å². The van der Waals surface area contributed by atoms with Gasteiger partial charge in [0.15, 0.2) is 0 Å². The predicted octanol–water partition coefficient (Wildman–Crippen LogP) is 7.58. The molecule has 0 radical (unpaired) electrons. The number of thiophene rings is 1. The standard InChI is InChI=1S/C32H31ClFN3O4S2/c1-41-30(39)11-10-20-16-35-32(43-20)27-13-18-6-2-4-8-26(18)37(27)29(38)14-19-12-23(33)25(15-24(19)34)36-31(40)22-17-42-28-9-5-3-7-21(22)28/h3,5,7,9,12,15-18,26-27H,2,4,6,8,10-11,13-14H2,1H3,(H,36,40)/t18-,26-,27-/m0/s1. The minimum atomic E-state index is -0.599. The number of anilines is 1. The second-order valence-corrected chi connectivity index (χ2v) is 13.6. The van der Waals surface area contributed by atoms with Crippen LogP contribution in [0, 0.1) is 11.7 Å². The van der Waals surface area contributed by atoms with Crippen molar-refractivity contribution >= 4 is 67.8 Å². The number of fused-ring (bicyclic) bond motifs is 2. The zero-order chi connectivity index (χ0) is 30.1. The number of aryl methyl sites for hydroxylation is 1. The van der Waals surface area contributed by atoms with E-state index in [1.807, 2.05) is 29.2 Å². The smallest absolute Gasteiger partial charge is 0.305 e. The average molecular weight is 640 g/mol. The lowest BCUT2D eigenvalue weighted by atomic mass is 9.84. The number of rotatable bonds is 8. The molecule has 11 heteroatoms. The fourth-order valence-electron chi connectivity index (χ4n) is 6.38. The summed E-state index contributed by atoms with van der Waals surface area (Å²) in [4.78, 5) is 46.0. The van der Waals surface area contributed by atoms with Gasteiger partial charge in [-0.05, 0) is 55.4 Å². The number of benzene rings is 2. The highest BCUT2D eigenvalue weighted by Gasteiger charge is 2.46. The van der Waals surface area contributed by atoms with Crippen LogP contribution in [0.2, 0.25) is 5.02 Å². The number of hydrogen-bond acceptors (Lipinski definition) is 7. The van der Waals surface area contributed by atoms with Crippen LogP contribution in [0.15, 0.2) is 48.0 Å². The van der Waals surface area contributed by atoms with E-state index in [9.17, 15) is 14.4 Å². The first kappa shape index (κ1) is 29.7. The van der Waals surface area contributed by atoms with Gasteiger partial charge in [0, 0.05) is 32.6 Å². The molecule has 3 atom stereocenters. The third kappa shape index (κ3) is 6.18. The van der Waals surface area contributed by atoms with Crippen molar-refractivity contribution < 1.29 is 23.5 Å². The largest absolute Gasteiger partial charge is 0.469 e. The van der Waals surface area contributed by atoms with Crippen LogP contribution in [0.5, 0.6) is 0 Å². The normalized spacial score (nSPS) is 19.8. The van der Waals surface area contributed by atoms with Crippen molar-refractivity contribution in [2.75, 3.05) is 12.4 Å². The maximum atomic E-state index is 15.4. The molecule has 0 unspecified atom stereocenters. The molecule has 6 rings (SSSR count). The lowest BCUT2D eigenvalue weighted by molar-refractivity contribution is -0.140. The fraction of sp³-hybridized carbons (Fsp3) is 0.375. The van der Waals surface area contributed by atoms with Crippen LogP contribution in [0.3, 0.4) is 0 Å². The molecule has 2 amide bonds. The molecule has 1 saturated carbocycles. The number of aromatic nitrogens is 1. The van der Waals surface area contributed by atoms with Crippen molar-refractivity contribution in [3.05, 3.63) is 79.8 Å². The Kier molecular flexibility index (Phi) is 8.79. The summed E-state index contributed by atoms with van der Waals surface area (Å²) in [7, 11) is 1.37. The minimum absolute atomic E-state index is 0.0891. The topological polar surface area (TPSA) is 88.6 Å². The second kappa shape index (κ2) is 12.7. The van der Waals surface area contributed by atoms with Crippen molar-refractivity contribution in [1.29, 1.82) is 0 Å². The van der Waals surface area contributed by atoms with E-state index < -0.39 is 5.82 Å². The number of ether oxygens (including phenoxy) is 1. The first-order valence-electron chi connectivity index (χ1n) is 14.4. The number of nitrogens with zero attached hydrogens (tertiary/aromatic N) is 2. The molecule has 7 nitrogen and oxygen atoms in total. The first-order chi connectivity index (χ1) is 20.8. The summed E-state index contributed by atoms with van der Waals surface area (Å²) in [6, 6.07) is 10.1. The summed E-state index contributed by atoms with van der Waals surface area (Å²) in [6.45, 7) is 0. The molecule has 43 heavy (non-hydrogen) atoms. The lowest BCUT2D eigenvalue weighted by Gasteiger charge is -2.33. The van der Waals surface area contributed by atoms with E-state index in [-0.39, 0.29) is 59.0 Å². The summed E-state index contributed by atoms with van der Waals surface area (Å²) in [5.74, 6) is -1.03. The molecular formula is C32H31ClFN3O4S2. The maximum absolute atomic E-state index is 15.4. The predicted molar refractivity (Wildman–Crippen MR) is 167 cm³/mol. The Labute approximate surface area is 262 Å². The summed E-state index contributed by atoms with van der Waals surface area (Å²) in [5.41, 5.74) is 0.836. The zero-order valence-corrected chi connectivity index (χ0v) is 26.0. The SMILES string of the molecule is COC(=O)CCc1cnc([C@@H]2C[C@@H]3CCCC[C@@H]3N2C(=O)Cc2cc(Cl)c(NC(=O)c3csc4ccccc34)cc2F)s1. The highest BCUT2D eigenvalue weighted by atomic mass is 35.5. The van der Waals surface area contributed by atoms with Gasteiger partial charge >= 0.3 is 5.97 Å². The average Bonchev–Trinajstić information content (AvgIpc) is 3.75. The lowest BCUT2D eigenvalue weighted by Crippen LogP contribution is -2.41. The van der Waals surface area contributed by atoms with Crippen molar-refractivity contribution in [1.82, 2.24) is 9.88 Å². The Morgan fingerprint density at radius 3 is 2.84 bits per heavy atom. The highest BCUT2D eigenvalue weighted by molar-refractivity contribution is 7.17. The van der Waals surface area contributed by atoms with Crippen LogP contribution >= 0.6 is 34.3 Å². The van der Waals surface area contributed by atoms with E-state index in [4.69, 9.17) is 16.3 Å². The van der Waals surface area contributed by atoms with E-state index in [0.29, 0.717) is 17.9 Å². The Morgan fingerprint density at radius 1 is 1.19 bits per heavy atom. The molecular weight excluding hydrogens is 609 g/mol.